The molecule has 0 bridgehead atoms. The van der Waals surface area contributed by atoms with Gasteiger partial charge in [0.05, 0.1) is 0 Å². The molecule has 1 heteroatoms. The van der Waals surface area contributed by atoms with E-state index >= 15 is 0 Å². The summed E-state index contributed by atoms with van der Waals surface area (Å²) in [4.78, 5) is 0. The van der Waals surface area contributed by atoms with E-state index in [1.54, 1.807) is 0 Å². The van der Waals surface area contributed by atoms with E-state index in [4.69, 9.17) is 0 Å². The Hall–Kier alpha value is -0.0400. The van der Waals surface area contributed by atoms with Crippen molar-refractivity contribution < 1.29 is 0 Å². The van der Waals surface area contributed by atoms with Gasteiger partial charge in [0.25, 0.3) is 0 Å². The fourth-order valence-corrected chi connectivity index (χ4v) is 2.80. The van der Waals surface area contributed by atoms with Crippen molar-refractivity contribution in [3.63, 3.8) is 0 Å². The molecular weight excluding hydrogens is 146 g/mol. The van der Waals surface area contributed by atoms with Gasteiger partial charge in [-0.15, -0.1) is 0 Å². The van der Waals surface area contributed by atoms with Crippen molar-refractivity contribution in [2.75, 3.05) is 13.1 Å². The van der Waals surface area contributed by atoms with Gasteiger partial charge in [-0.2, -0.15) is 0 Å². The molecule has 0 aromatic heterocycles. The first-order valence-corrected chi connectivity index (χ1v) is 5.58. The van der Waals surface area contributed by atoms with Gasteiger partial charge in [0.2, 0.25) is 0 Å². The summed E-state index contributed by atoms with van der Waals surface area (Å²) in [5, 5.41) is 3.49. The van der Waals surface area contributed by atoms with Crippen LogP contribution in [0.25, 0.3) is 0 Å². The highest BCUT2D eigenvalue weighted by molar-refractivity contribution is 5.05. The lowest BCUT2D eigenvalue weighted by molar-refractivity contribution is 0.320. The second-order valence-corrected chi connectivity index (χ2v) is 4.67. The zero-order chi connectivity index (χ0) is 8.44. The maximum atomic E-state index is 3.49. The quantitative estimate of drug-likeness (QED) is 0.635. The lowest BCUT2D eigenvalue weighted by Gasteiger charge is -2.22. The summed E-state index contributed by atoms with van der Waals surface area (Å²) in [5.41, 5.74) is 0.834. The average molecular weight is 167 g/mol. The minimum atomic E-state index is 0.834. The van der Waals surface area contributed by atoms with E-state index in [-0.39, 0.29) is 0 Å². The van der Waals surface area contributed by atoms with E-state index in [0.717, 1.165) is 11.3 Å². The van der Waals surface area contributed by atoms with Crippen molar-refractivity contribution in [2.45, 2.75) is 45.4 Å². The van der Waals surface area contributed by atoms with E-state index < -0.39 is 0 Å². The Bertz CT molecular complexity index is 155. The predicted molar refractivity (Wildman–Crippen MR) is 52.2 cm³/mol. The van der Waals surface area contributed by atoms with Crippen molar-refractivity contribution >= 4 is 0 Å². The van der Waals surface area contributed by atoms with Crippen molar-refractivity contribution in [3.05, 3.63) is 0 Å². The van der Waals surface area contributed by atoms with Crippen LogP contribution in [0, 0.1) is 11.3 Å². The number of hydrogen-bond acceptors (Lipinski definition) is 1. The van der Waals surface area contributed by atoms with E-state index in [2.05, 4.69) is 12.2 Å². The van der Waals surface area contributed by atoms with Gasteiger partial charge in [-0.05, 0) is 43.7 Å². The monoisotopic (exact) mass is 167 g/mol. The highest BCUT2D eigenvalue weighted by Crippen LogP contribution is 2.59. The fraction of sp³-hybridized carbons (Fsp3) is 1.00. The van der Waals surface area contributed by atoms with Gasteiger partial charge in [-0.25, -0.2) is 0 Å². The van der Waals surface area contributed by atoms with Crippen LogP contribution in [0.4, 0.5) is 0 Å². The van der Waals surface area contributed by atoms with Crippen LogP contribution in [-0.4, -0.2) is 13.1 Å². The number of piperidine rings is 1. The molecule has 1 nitrogen and oxygen atoms in total. The summed E-state index contributed by atoms with van der Waals surface area (Å²) < 4.78 is 0. The van der Waals surface area contributed by atoms with E-state index in [1.165, 1.54) is 51.6 Å². The largest absolute Gasteiger partial charge is 0.316 e. The van der Waals surface area contributed by atoms with Crippen molar-refractivity contribution in [1.29, 1.82) is 0 Å². The van der Waals surface area contributed by atoms with Crippen LogP contribution in [0.3, 0.4) is 0 Å². The second kappa shape index (κ2) is 3.37. The summed E-state index contributed by atoms with van der Waals surface area (Å²) >= 11 is 0. The SMILES string of the molecule is CCCCCC12CCNCC1C2. The van der Waals surface area contributed by atoms with E-state index in [9.17, 15) is 0 Å². The third-order valence-corrected chi connectivity index (χ3v) is 3.83. The highest BCUT2D eigenvalue weighted by Gasteiger charge is 2.53. The van der Waals surface area contributed by atoms with Crippen LogP contribution in [0.2, 0.25) is 0 Å². The first kappa shape index (κ1) is 8.55. The molecular formula is C11H21N. The number of hydrogen-bond donors (Lipinski definition) is 1. The molecule has 0 aromatic carbocycles. The molecule has 1 saturated carbocycles. The molecule has 1 aliphatic heterocycles. The molecule has 2 aliphatic rings. The van der Waals surface area contributed by atoms with E-state index in [1.807, 2.05) is 0 Å². The Kier molecular flexibility index (Phi) is 2.40. The molecule has 2 rings (SSSR count). The summed E-state index contributed by atoms with van der Waals surface area (Å²) in [5.74, 6) is 1.06. The van der Waals surface area contributed by atoms with Gasteiger partial charge >= 0.3 is 0 Å². The maximum Gasteiger partial charge on any atom is -0.00150 e. The number of fused-ring (bicyclic) bond motifs is 1. The molecule has 2 unspecified atom stereocenters. The maximum absolute atomic E-state index is 3.49. The summed E-state index contributed by atoms with van der Waals surface area (Å²) in [7, 11) is 0. The Labute approximate surface area is 75.9 Å². The van der Waals surface area contributed by atoms with Crippen LogP contribution >= 0.6 is 0 Å². The zero-order valence-electron chi connectivity index (χ0n) is 8.23. The van der Waals surface area contributed by atoms with Gasteiger partial charge in [-0.1, -0.05) is 26.2 Å². The zero-order valence-corrected chi connectivity index (χ0v) is 8.23. The summed E-state index contributed by atoms with van der Waals surface area (Å²) in [6, 6.07) is 0. The normalized spacial score (nSPS) is 39.2. The smallest absolute Gasteiger partial charge is 0.00150 e. The first-order valence-electron chi connectivity index (χ1n) is 5.58. The summed E-state index contributed by atoms with van der Waals surface area (Å²) in [6.07, 6.45) is 8.81. The Morgan fingerprint density at radius 2 is 2.33 bits per heavy atom. The van der Waals surface area contributed by atoms with Crippen LogP contribution in [0.5, 0.6) is 0 Å². The molecule has 1 heterocycles. The van der Waals surface area contributed by atoms with Gasteiger partial charge in [0.15, 0.2) is 0 Å². The average Bonchev–Trinajstić information content (AvgIpc) is 2.79. The van der Waals surface area contributed by atoms with Crippen LogP contribution in [0.15, 0.2) is 0 Å². The third-order valence-electron chi connectivity index (χ3n) is 3.83. The lowest BCUT2D eigenvalue weighted by Crippen LogP contribution is -2.29. The molecule has 0 spiro atoms. The van der Waals surface area contributed by atoms with E-state index in [0.29, 0.717) is 0 Å². The molecule has 1 N–H and O–H groups in total. The van der Waals surface area contributed by atoms with Crippen molar-refractivity contribution in [1.82, 2.24) is 5.32 Å². The Morgan fingerprint density at radius 1 is 1.42 bits per heavy atom. The molecule has 12 heavy (non-hydrogen) atoms. The summed E-state index contributed by atoms with van der Waals surface area (Å²) in [6.45, 7) is 4.89. The van der Waals surface area contributed by atoms with Gasteiger partial charge in [-0.3, -0.25) is 0 Å². The first-order chi connectivity index (χ1) is 5.87. The lowest BCUT2D eigenvalue weighted by atomic mass is 9.90. The molecule has 70 valence electrons. The number of unbranched alkanes of at least 4 members (excludes halogenated alkanes) is 2. The third kappa shape index (κ3) is 1.52. The van der Waals surface area contributed by atoms with Crippen molar-refractivity contribution in [3.8, 4) is 0 Å². The molecule has 2 atom stereocenters. The van der Waals surface area contributed by atoms with Crippen LogP contribution in [0.1, 0.15) is 45.4 Å². The molecule has 0 radical (unpaired) electrons. The number of rotatable bonds is 4. The molecule has 2 fully saturated rings. The van der Waals surface area contributed by atoms with Crippen molar-refractivity contribution in [2.24, 2.45) is 11.3 Å². The molecule has 0 aromatic rings. The van der Waals surface area contributed by atoms with Crippen LogP contribution < -0.4 is 5.32 Å². The Balaban J connectivity index is 1.73. The second-order valence-electron chi connectivity index (χ2n) is 4.67. The minimum absolute atomic E-state index is 0.834. The predicted octanol–water partition coefficient (Wildman–Crippen LogP) is 2.57. The minimum Gasteiger partial charge on any atom is -0.316 e. The molecule has 1 saturated heterocycles. The number of nitrogens with one attached hydrogen (secondary N) is 1. The van der Waals surface area contributed by atoms with Gasteiger partial charge in [0.1, 0.15) is 0 Å². The van der Waals surface area contributed by atoms with Gasteiger partial charge < -0.3 is 5.32 Å². The van der Waals surface area contributed by atoms with Gasteiger partial charge in [0, 0.05) is 0 Å². The van der Waals surface area contributed by atoms with Crippen LogP contribution in [-0.2, 0) is 0 Å². The molecule has 0 amide bonds. The Morgan fingerprint density at radius 3 is 3.08 bits per heavy atom. The highest BCUT2D eigenvalue weighted by atomic mass is 14.9. The standard InChI is InChI=1S/C11H21N/c1-2-3-4-5-11-6-7-12-9-10(11)8-11/h10,12H,2-9H2,1H3. The topological polar surface area (TPSA) is 12.0 Å². The molecule has 1 aliphatic carbocycles. The fourth-order valence-electron chi connectivity index (χ4n) is 2.80.